The van der Waals surface area contributed by atoms with E-state index in [9.17, 15) is 14.5 Å². The number of aromatic nitrogens is 1. The van der Waals surface area contributed by atoms with Gasteiger partial charge in [-0.05, 0) is 6.07 Å². The Morgan fingerprint density at radius 2 is 2.17 bits per heavy atom. The van der Waals surface area contributed by atoms with Gasteiger partial charge in [-0.25, -0.2) is 0 Å². The molecule has 0 saturated carbocycles. The molecule has 5 heteroatoms. The molecule has 0 atom stereocenters. The quantitative estimate of drug-likeness (QED) is 0.367. The molecule has 1 aromatic heterocycles. The van der Waals surface area contributed by atoms with Gasteiger partial charge in [0.15, 0.2) is 0 Å². The minimum Gasteiger partial charge on any atom is -0.258 e. The summed E-state index contributed by atoms with van der Waals surface area (Å²) in [5, 5.41) is 9.95. The molecule has 1 heterocycles. The lowest BCUT2D eigenvalue weighted by molar-refractivity contribution is -0.387. The van der Waals surface area contributed by atoms with Gasteiger partial charge in [0.05, 0.1) is 4.92 Å². The summed E-state index contributed by atoms with van der Waals surface area (Å²) in [6.45, 7) is 6.00. The molecule has 64 valence electrons. The Morgan fingerprint density at radius 1 is 1.58 bits per heavy atom. The fourth-order valence-corrected chi connectivity index (χ4v) is 0.504. The fourth-order valence-electron chi connectivity index (χ4n) is 0.504. The average Bonchev–Trinajstić information content (AvgIpc) is 2.08. The van der Waals surface area contributed by atoms with Crippen LogP contribution in [-0.4, -0.2) is 9.91 Å². The first-order valence-corrected chi connectivity index (χ1v) is 2.95. The van der Waals surface area contributed by atoms with Crippen LogP contribution >= 0.6 is 0 Å². The summed E-state index contributed by atoms with van der Waals surface area (Å²) in [6.07, 6.45) is 2.03. The zero-order valence-electron chi connectivity index (χ0n) is 6.24. The lowest BCUT2D eigenvalue weighted by atomic mass is 10.4. The summed E-state index contributed by atoms with van der Waals surface area (Å²) >= 11 is 0. The Kier molecular flexibility index (Phi) is 4.21. The Morgan fingerprint density at radius 3 is 2.50 bits per heavy atom. The van der Waals surface area contributed by atoms with E-state index < -0.39 is 16.4 Å². The molecule has 0 aliphatic heterocycles. The Balaban J connectivity index is 0.000000561. The van der Waals surface area contributed by atoms with Crippen molar-refractivity contribution >= 4 is 5.69 Å². The number of rotatable bonds is 1. The molecule has 12 heavy (non-hydrogen) atoms. The van der Waals surface area contributed by atoms with E-state index in [1.165, 1.54) is 0 Å². The van der Waals surface area contributed by atoms with Crippen molar-refractivity contribution in [2.75, 3.05) is 0 Å². The highest BCUT2D eigenvalue weighted by molar-refractivity contribution is 5.26. The van der Waals surface area contributed by atoms with E-state index in [2.05, 4.69) is 18.1 Å². The van der Waals surface area contributed by atoms with Crippen LogP contribution in [0.1, 0.15) is 0 Å². The number of hydrogen-bond donors (Lipinski definition) is 0. The zero-order valence-corrected chi connectivity index (χ0v) is 6.24. The minimum absolute atomic E-state index is 0.595. The summed E-state index contributed by atoms with van der Waals surface area (Å²) in [7, 11) is 0. The van der Waals surface area contributed by atoms with Crippen molar-refractivity contribution in [3.05, 3.63) is 47.5 Å². The molecule has 0 radical (unpaired) electrons. The maximum absolute atomic E-state index is 12.4. The lowest BCUT2D eigenvalue weighted by Crippen LogP contribution is -1.91. The third kappa shape index (κ3) is 2.45. The standard InChI is InChI=1S/C5H3FN2O2.C2H4/c6-4-1-2-7-3-5(4)8(9)10;1-2/h1-3H;1-2H2. The van der Waals surface area contributed by atoms with Crippen molar-refractivity contribution < 1.29 is 9.31 Å². The van der Waals surface area contributed by atoms with Gasteiger partial charge in [-0.1, -0.05) is 0 Å². The number of pyridine rings is 1. The maximum atomic E-state index is 12.4. The van der Waals surface area contributed by atoms with E-state index in [0.717, 1.165) is 18.5 Å². The van der Waals surface area contributed by atoms with Crippen molar-refractivity contribution in [3.63, 3.8) is 0 Å². The summed E-state index contributed by atoms with van der Waals surface area (Å²) in [5.74, 6) is -0.861. The second-order valence-electron chi connectivity index (χ2n) is 1.58. The highest BCUT2D eigenvalue weighted by Gasteiger charge is 2.11. The molecule has 0 N–H and O–H groups in total. The third-order valence-electron chi connectivity index (χ3n) is 0.945. The summed E-state index contributed by atoms with van der Waals surface area (Å²) in [4.78, 5) is 12.5. The van der Waals surface area contributed by atoms with Crippen LogP contribution in [0.2, 0.25) is 0 Å². The van der Waals surface area contributed by atoms with Crippen molar-refractivity contribution in [1.82, 2.24) is 4.98 Å². The van der Waals surface area contributed by atoms with Gasteiger partial charge in [0.2, 0.25) is 5.82 Å². The smallest absolute Gasteiger partial charge is 0.258 e. The molecule has 0 aromatic carbocycles. The molecule has 0 saturated heterocycles. The predicted octanol–water partition coefficient (Wildman–Crippen LogP) is 1.93. The van der Waals surface area contributed by atoms with Crippen LogP contribution in [0.25, 0.3) is 0 Å². The minimum atomic E-state index is -0.861. The van der Waals surface area contributed by atoms with Crippen molar-refractivity contribution in [2.45, 2.75) is 0 Å². The second kappa shape index (κ2) is 4.95. The van der Waals surface area contributed by atoms with Crippen molar-refractivity contribution in [3.8, 4) is 0 Å². The van der Waals surface area contributed by atoms with Gasteiger partial charge in [0, 0.05) is 6.20 Å². The van der Waals surface area contributed by atoms with E-state index in [1.807, 2.05) is 0 Å². The average molecular weight is 170 g/mol. The highest BCUT2D eigenvalue weighted by Crippen LogP contribution is 2.12. The molecule has 0 bridgehead atoms. The third-order valence-corrected chi connectivity index (χ3v) is 0.945. The lowest BCUT2D eigenvalue weighted by Gasteiger charge is -1.88. The van der Waals surface area contributed by atoms with E-state index in [-0.39, 0.29) is 0 Å². The van der Waals surface area contributed by atoms with Crippen LogP contribution in [0.4, 0.5) is 10.1 Å². The largest absolute Gasteiger partial charge is 0.322 e. The van der Waals surface area contributed by atoms with E-state index >= 15 is 0 Å². The number of nitrogens with zero attached hydrogens (tertiary/aromatic N) is 2. The maximum Gasteiger partial charge on any atom is 0.322 e. The summed E-state index contributed by atoms with van der Waals surface area (Å²) < 4.78 is 12.4. The zero-order chi connectivity index (χ0) is 9.56. The number of halogens is 1. The molecule has 0 fully saturated rings. The first kappa shape index (κ1) is 10.2. The molecule has 0 aliphatic rings. The molecule has 0 aliphatic carbocycles. The van der Waals surface area contributed by atoms with Crippen LogP contribution in [0.15, 0.2) is 31.6 Å². The molecule has 0 spiro atoms. The molecule has 4 nitrogen and oxygen atoms in total. The molecule has 0 amide bonds. The Hall–Kier alpha value is -1.78. The van der Waals surface area contributed by atoms with Crippen LogP contribution in [0.5, 0.6) is 0 Å². The van der Waals surface area contributed by atoms with Gasteiger partial charge < -0.3 is 0 Å². The first-order chi connectivity index (χ1) is 5.72. The predicted molar refractivity (Wildman–Crippen MR) is 42.1 cm³/mol. The first-order valence-electron chi connectivity index (χ1n) is 2.95. The van der Waals surface area contributed by atoms with E-state index in [0.29, 0.717) is 0 Å². The molecule has 1 rings (SSSR count). The van der Waals surface area contributed by atoms with Gasteiger partial charge in [0.1, 0.15) is 6.20 Å². The monoisotopic (exact) mass is 170 g/mol. The number of hydrogen-bond acceptors (Lipinski definition) is 3. The number of nitro groups is 1. The van der Waals surface area contributed by atoms with E-state index in [4.69, 9.17) is 0 Å². The van der Waals surface area contributed by atoms with Crippen LogP contribution in [-0.2, 0) is 0 Å². The normalized spacial score (nSPS) is 8.08. The van der Waals surface area contributed by atoms with E-state index in [1.54, 1.807) is 0 Å². The highest BCUT2D eigenvalue weighted by atomic mass is 19.1. The second-order valence-corrected chi connectivity index (χ2v) is 1.58. The van der Waals surface area contributed by atoms with Gasteiger partial charge in [-0.3, -0.25) is 15.1 Å². The molecular formula is C7H7FN2O2. The van der Waals surface area contributed by atoms with Crippen molar-refractivity contribution in [2.24, 2.45) is 0 Å². The summed E-state index contributed by atoms with van der Waals surface area (Å²) in [6, 6.07) is 0.943. The van der Waals surface area contributed by atoms with Crippen LogP contribution in [0, 0.1) is 15.9 Å². The molecule has 0 unspecified atom stereocenters. The van der Waals surface area contributed by atoms with Gasteiger partial charge in [-0.2, -0.15) is 4.39 Å². The van der Waals surface area contributed by atoms with Gasteiger partial charge >= 0.3 is 5.69 Å². The van der Waals surface area contributed by atoms with Gasteiger partial charge in [0.25, 0.3) is 0 Å². The Labute approximate surface area is 68.5 Å². The summed E-state index contributed by atoms with van der Waals surface area (Å²) in [5.41, 5.74) is -0.595. The SMILES string of the molecule is C=C.O=[N+]([O-])c1cnccc1F. The van der Waals surface area contributed by atoms with Gasteiger partial charge in [-0.15, -0.1) is 13.2 Å². The van der Waals surface area contributed by atoms with Crippen LogP contribution < -0.4 is 0 Å². The Bertz CT molecular complexity index is 278. The van der Waals surface area contributed by atoms with Crippen LogP contribution in [0.3, 0.4) is 0 Å². The molecular weight excluding hydrogens is 163 g/mol. The fraction of sp³-hybridized carbons (Fsp3) is 0. The van der Waals surface area contributed by atoms with Crippen molar-refractivity contribution in [1.29, 1.82) is 0 Å². The topological polar surface area (TPSA) is 56.0 Å². The molecule has 1 aromatic rings.